The highest BCUT2D eigenvalue weighted by atomic mass is 16.5. The van der Waals surface area contributed by atoms with Crippen LogP contribution in [0.2, 0.25) is 0 Å². The number of hydrogen-bond acceptors (Lipinski definition) is 6. The van der Waals surface area contributed by atoms with Crippen LogP contribution in [-0.2, 0) is 7.05 Å². The highest BCUT2D eigenvalue weighted by molar-refractivity contribution is 5.94. The van der Waals surface area contributed by atoms with Crippen LogP contribution in [0, 0.1) is 6.92 Å². The average molecular weight is 423 g/mol. The number of rotatable bonds is 2. The van der Waals surface area contributed by atoms with Crippen molar-refractivity contribution in [2.75, 3.05) is 0 Å². The van der Waals surface area contributed by atoms with Gasteiger partial charge in [-0.25, -0.2) is 14.5 Å². The van der Waals surface area contributed by atoms with Crippen LogP contribution in [0.25, 0.3) is 27.9 Å². The second-order valence-corrected chi connectivity index (χ2v) is 7.96. The quantitative estimate of drug-likeness (QED) is 0.441. The van der Waals surface area contributed by atoms with Gasteiger partial charge >= 0.3 is 0 Å². The Kier molecular flexibility index (Phi) is 3.25. The summed E-state index contributed by atoms with van der Waals surface area (Å²) in [4.78, 5) is 12.8. The fourth-order valence-corrected chi connectivity index (χ4v) is 4.56. The molecule has 10 nitrogen and oxygen atoms in total. The van der Waals surface area contributed by atoms with Crippen LogP contribution in [0.5, 0.6) is 11.8 Å². The Morgan fingerprint density at radius 3 is 2.91 bits per heavy atom. The van der Waals surface area contributed by atoms with Crippen LogP contribution in [0.1, 0.15) is 28.3 Å². The van der Waals surface area contributed by atoms with E-state index >= 15 is 0 Å². The van der Waals surface area contributed by atoms with E-state index in [2.05, 4.69) is 31.3 Å². The molecule has 0 aliphatic carbocycles. The first kappa shape index (κ1) is 17.2. The van der Waals surface area contributed by atoms with Gasteiger partial charge in [0.2, 0.25) is 11.8 Å². The largest absolute Gasteiger partial charge is 0.418 e. The van der Waals surface area contributed by atoms with Gasteiger partial charge in [-0.1, -0.05) is 18.2 Å². The Balaban J connectivity index is 1.50. The van der Waals surface area contributed by atoms with E-state index in [1.165, 1.54) is 0 Å². The van der Waals surface area contributed by atoms with E-state index in [0.717, 1.165) is 38.9 Å². The third-order valence-electron chi connectivity index (χ3n) is 6.01. The summed E-state index contributed by atoms with van der Waals surface area (Å²) in [6.45, 7) is 1.98. The summed E-state index contributed by atoms with van der Waals surface area (Å²) < 4.78 is 9.56. The molecule has 0 unspecified atom stereocenters. The van der Waals surface area contributed by atoms with E-state index in [0.29, 0.717) is 23.2 Å². The van der Waals surface area contributed by atoms with Crippen molar-refractivity contribution in [3.63, 3.8) is 0 Å². The monoisotopic (exact) mass is 423 g/mol. The lowest BCUT2D eigenvalue weighted by Gasteiger charge is -2.24. The van der Waals surface area contributed by atoms with Gasteiger partial charge in [-0.15, -0.1) is 10.2 Å². The highest BCUT2D eigenvalue weighted by Crippen LogP contribution is 2.48. The summed E-state index contributed by atoms with van der Waals surface area (Å²) in [6.07, 6.45) is 7.42. The lowest BCUT2D eigenvalue weighted by atomic mass is 9.86. The number of nitrogens with one attached hydrogen (secondary N) is 2. The summed E-state index contributed by atoms with van der Waals surface area (Å²) in [5, 5.41) is 17.6. The molecule has 0 amide bonds. The Hall–Kier alpha value is -4.47. The third kappa shape index (κ3) is 2.26. The number of aromatic nitrogens is 9. The van der Waals surface area contributed by atoms with Crippen LogP contribution in [0.15, 0.2) is 49.2 Å². The van der Waals surface area contributed by atoms with Crippen LogP contribution < -0.4 is 4.74 Å². The molecule has 1 atom stereocenters. The molecule has 0 saturated carbocycles. The van der Waals surface area contributed by atoms with Crippen molar-refractivity contribution >= 4 is 16.6 Å². The summed E-state index contributed by atoms with van der Waals surface area (Å²) in [7, 11) is 1.90. The number of ether oxygens (including phenoxy) is 1. The minimum atomic E-state index is -0.183. The molecule has 0 saturated heterocycles. The predicted molar refractivity (Wildman–Crippen MR) is 116 cm³/mol. The van der Waals surface area contributed by atoms with Crippen molar-refractivity contribution in [3.8, 4) is 23.1 Å². The van der Waals surface area contributed by atoms with E-state index in [1.807, 2.05) is 50.8 Å². The maximum absolute atomic E-state index is 6.07. The molecule has 0 spiro atoms. The summed E-state index contributed by atoms with van der Waals surface area (Å²) in [5.74, 6) is 1.44. The molecule has 5 aromatic heterocycles. The maximum Gasteiger partial charge on any atom is 0.244 e. The van der Waals surface area contributed by atoms with Gasteiger partial charge in [0.05, 0.1) is 17.7 Å². The number of benzene rings is 1. The van der Waals surface area contributed by atoms with Gasteiger partial charge in [-0.3, -0.25) is 9.78 Å². The molecule has 10 heteroatoms. The molecular formula is C22H17N9O. The molecule has 2 N–H and O–H groups in total. The maximum atomic E-state index is 6.07. The van der Waals surface area contributed by atoms with Crippen molar-refractivity contribution < 1.29 is 4.74 Å². The molecule has 1 aliphatic heterocycles. The molecule has 1 aromatic carbocycles. The molecule has 0 fully saturated rings. The molecule has 0 bridgehead atoms. The van der Waals surface area contributed by atoms with Crippen molar-refractivity contribution in [1.29, 1.82) is 0 Å². The lowest BCUT2D eigenvalue weighted by molar-refractivity contribution is 0.416. The zero-order valence-electron chi connectivity index (χ0n) is 17.2. The molecule has 0 radical (unpaired) electrons. The van der Waals surface area contributed by atoms with E-state index < -0.39 is 0 Å². The standard InChI is InChI=1S/C22H17N9O/c1-11-16-17(12-7-25-30(2)9-12)18-20-26-19(14-8-23-15-6-4-3-5-13(14)15)29-31(20)10-24-21(18)32-22(16)28-27-11/h3-10,17,23H,1-2H3,(H,27,28)/t17-/m1/s1. The van der Waals surface area contributed by atoms with Gasteiger partial charge < -0.3 is 9.72 Å². The highest BCUT2D eigenvalue weighted by Gasteiger charge is 2.37. The summed E-state index contributed by atoms with van der Waals surface area (Å²) >= 11 is 0. The first-order valence-electron chi connectivity index (χ1n) is 10.2. The topological polar surface area (TPSA) is 115 Å². The Morgan fingerprint density at radius 1 is 1.12 bits per heavy atom. The Morgan fingerprint density at radius 2 is 2.03 bits per heavy atom. The second-order valence-electron chi connectivity index (χ2n) is 7.96. The smallest absolute Gasteiger partial charge is 0.244 e. The molecule has 156 valence electrons. The Labute approximate surface area is 180 Å². The number of hydrogen-bond donors (Lipinski definition) is 2. The average Bonchev–Trinajstić information content (AvgIpc) is 3.57. The van der Waals surface area contributed by atoms with E-state index in [9.17, 15) is 0 Å². The van der Waals surface area contributed by atoms with Crippen molar-refractivity contribution in [1.82, 2.24) is 44.5 Å². The van der Waals surface area contributed by atoms with Gasteiger partial charge in [0.15, 0.2) is 11.5 Å². The molecule has 6 heterocycles. The lowest BCUT2D eigenvalue weighted by Crippen LogP contribution is -2.14. The van der Waals surface area contributed by atoms with Crippen LogP contribution in [-0.4, -0.2) is 44.5 Å². The number of H-pyrrole nitrogens is 2. The minimum absolute atomic E-state index is 0.183. The van der Waals surface area contributed by atoms with Gasteiger partial charge in [-0.2, -0.15) is 5.10 Å². The van der Waals surface area contributed by atoms with Gasteiger partial charge in [0, 0.05) is 52.7 Å². The van der Waals surface area contributed by atoms with E-state index in [4.69, 9.17) is 14.8 Å². The number of nitrogens with zero attached hydrogens (tertiary/aromatic N) is 7. The third-order valence-corrected chi connectivity index (χ3v) is 6.01. The second kappa shape index (κ2) is 6.03. The van der Waals surface area contributed by atoms with Crippen LogP contribution in [0.4, 0.5) is 0 Å². The number of fused-ring (bicyclic) bond motifs is 5. The van der Waals surface area contributed by atoms with Crippen LogP contribution in [0.3, 0.4) is 0 Å². The zero-order valence-corrected chi connectivity index (χ0v) is 17.2. The molecule has 1 aliphatic rings. The van der Waals surface area contributed by atoms with E-state index in [-0.39, 0.29) is 5.92 Å². The molecule has 7 rings (SSSR count). The van der Waals surface area contributed by atoms with Gasteiger partial charge in [0.1, 0.15) is 6.33 Å². The fraction of sp³-hybridized carbons (Fsp3) is 0.136. The predicted octanol–water partition coefficient (Wildman–Crippen LogP) is 3.32. The minimum Gasteiger partial charge on any atom is -0.418 e. The van der Waals surface area contributed by atoms with Crippen molar-refractivity contribution in [2.24, 2.45) is 7.05 Å². The zero-order chi connectivity index (χ0) is 21.4. The first-order valence-corrected chi connectivity index (χ1v) is 10.2. The SMILES string of the molecule is Cc1[nH]nc2c1[C@@H](c1cnn(C)c1)c1c(ncn3nc(-c4c[nH]c5ccccc45)nc13)O2. The number of aryl methyl sites for hydroxylation is 2. The van der Waals surface area contributed by atoms with Crippen LogP contribution >= 0.6 is 0 Å². The number of aromatic amines is 2. The van der Waals surface area contributed by atoms with Crippen molar-refractivity contribution in [2.45, 2.75) is 12.8 Å². The normalized spacial score (nSPS) is 15.1. The van der Waals surface area contributed by atoms with Crippen molar-refractivity contribution in [3.05, 3.63) is 71.6 Å². The molecule has 6 aromatic rings. The molecule has 32 heavy (non-hydrogen) atoms. The number of para-hydroxylation sites is 1. The molecular weight excluding hydrogens is 406 g/mol. The fourth-order valence-electron chi connectivity index (χ4n) is 4.56. The van der Waals surface area contributed by atoms with Gasteiger partial charge in [-0.05, 0) is 13.0 Å². The summed E-state index contributed by atoms with van der Waals surface area (Å²) in [6, 6.07) is 8.10. The van der Waals surface area contributed by atoms with Gasteiger partial charge in [0.25, 0.3) is 0 Å². The first-order chi connectivity index (χ1) is 15.7. The summed E-state index contributed by atoms with van der Waals surface area (Å²) in [5.41, 5.74) is 6.40. The van der Waals surface area contributed by atoms with E-state index in [1.54, 1.807) is 15.5 Å². The Bertz CT molecular complexity index is 1650.